The molecule has 6 nitrogen and oxygen atoms in total. The van der Waals surface area contributed by atoms with Crippen molar-refractivity contribution in [2.75, 3.05) is 0 Å². The van der Waals surface area contributed by atoms with Crippen molar-refractivity contribution in [2.45, 2.75) is 10.6 Å². The van der Waals surface area contributed by atoms with Crippen LogP contribution < -0.4 is 0 Å². The third kappa shape index (κ3) is 2.97. The normalized spacial score (nSPS) is 11.2. The number of aromatic nitrogens is 2. The summed E-state index contributed by atoms with van der Waals surface area (Å²) in [6, 6.07) is 4.49. The van der Waals surface area contributed by atoms with Gasteiger partial charge in [-0.25, -0.2) is 27.6 Å². The van der Waals surface area contributed by atoms with Gasteiger partial charge in [-0.15, -0.1) is 0 Å². The van der Waals surface area contributed by atoms with Crippen LogP contribution in [0.5, 0.6) is 0 Å². The summed E-state index contributed by atoms with van der Waals surface area (Å²) in [6.07, 6.45) is 2.08. The van der Waals surface area contributed by atoms with E-state index in [1.54, 1.807) is 0 Å². The van der Waals surface area contributed by atoms with E-state index in [0.29, 0.717) is 0 Å². The van der Waals surface area contributed by atoms with Crippen molar-refractivity contribution in [3.63, 3.8) is 0 Å². The summed E-state index contributed by atoms with van der Waals surface area (Å²) in [5.74, 6) is -2.65. The Morgan fingerprint density at radius 2 is 2.10 bits per heavy atom. The minimum atomic E-state index is -3.89. The lowest BCUT2D eigenvalue weighted by Crippen LogP contribution is -2.12. The van der Waals surface area contributed by atoms with Gasteiger partial charge >= 0.3 is 5.97 Å². The number of rotatable bonds is 4. The molecule has 0 aliphatic rings. The summed E-state index contributed by atoms with van der Waals surface area (Å²) >= 11 is 0. The van der Waals surface area contributed by atoms with Gasteiger partial charge in [0.2, 0.25) is 0 Å². The highest BCUT2D eigenvalue weighted by molar-refractivity contribution is 7.90. The molecular formula is C12H9FN2O4S. The molecule has 104 valence electrons. The van der Waals surface area contributed by atoms with Crippen molar-refractivity contribution in [1.82, 2.24) is 9.97 Å². The standard InChI is InChI=1S/C12H9FN2O4S/c13-8-2-1-3-9(4-8)20(18,19)6-11-10(12(16)17)5-14-7-15-11/h1-5,7H,6H2,(H,16,17). The van der Waals surface area contributed by atoms with Crippen LogP contribution in [0.25, 0.3) is 0 Å². The lowest BCUT2D eigenvalue weighted by Gasteiger charge is -2.06. The molecule has 1 N–H and O–H groups in total. The maximum absolute atomic E-state index is 13.1. The van der Waals surface area contributed by atoms with Gasteiger partial charge in [-0.2, -0.15) is 0 Å². The van der Waals surface area contributed by atoms with E-state index >= 15 is 0 Å². The van der Waals surface area contributed by atoms with Gasteiger partial charge in [0.1, 0.15) is 17.7 Å². The second-order valence-corrected chi connectivity index (χ2v) is 5.89. The second-order valence-electron chi connectivity index (χ2n) is 3.90. The first-order valence-corrected chi connectivity index (χ1v) is 7.06. The van der Waals surface area contributed by atoms with Crippen LogP contribution >= 0.6 is 0 Å². The van der Waals surface area contributed by atoms with Gasteiger partial charge in [-0.3, -0.25) is 0 Å². The largest absolute Gasteiger partial charge is 0.478 e. The number of halogens is 1. The average molecular weight is 296 g/mol. The predicted octanol–water partition coefficient (Wildman–Crippen LogP) is 1.29. The van der Waals surface area contributed by atoms with Crippen LogP contribution in [-0.2, 0) is 15.6 Å². The van der Waals surface area contributed by atoms with Gasteiger partial charge in [0.05, 0.1) is 16.3 Å². The molecule has 0 amide bonds. The number of hydrogen-bond acceptors (Lipinski definition) is 5. The molecule has 0 saturated carbocycles. The highest BCUT2D eigenvalue weighted by atomic mass is 32.2. The van der Waals surface area contributed by atoms with Gasteiger partial charge in [0, 0.05) is 6.20 Å². The predicted molar refractivity (Wildman–Crippen MR) is 66.3 cm³/mol. The van der Waals surface area contributed by atoms with Gasteiger partial charge in [0.15, 0.2) is 9.84 Å². The highest BCUT2D eigenvalue weighted by Gasteiger charge is 2.21. The topological polar surface area (TPSA) is 97.2 Å². The summed E-state index contributed by atoms with van der Waals surface area (Å²) in [5.41, 5.74) is -0.441. The van der Waals surface area contributed by atoms with E-state index in [2.05, 4.69) is 9.97 Å². The van der Waals surface area contributed by atoms with Gasteiger partial charge < -0.3 is 5.11 Å². The van der Waals surface area contributed by atoms with Crippen LogP contribution in [0.2, 0.25) is 0 Å². The molecule has 0 unspecified atom stereocenters. The molecule has 0 aliphatic carbocycles. The van der Waals surface area contributed by atoms with Gasteiger partial charge in [-0.05, 0) is 18.2 Å². The van der Waals surface area contributed by atoms with E-state index in [1.807, 2.05) is 0 Å². The summed E-state index contributed by atoms with van der Waals surface area (Å²) in [5, 5.41) is 8.94. The van der Waals surface area contributed by atoms with E-state index in [0.717, 1.165) is 24.7 Å². The molecule has 1 aromatic heterocycles. The van der Waals surface area contributed by atoms with E-state index in [4.69, 9.17) is 5.11 Å². The molecule has 1 heterocycles. The monoisotopic (exact) mass is 296 g/mol. The average Bonchev–Trinajstić information content (AvgIpc) is 2.38. The molecular weight excluding hydrogens is 287 g/mol. The van der Waals surface area contributed by atoms with E-state index < -0.39 is 27.4 Å². The van der Waals surface area contributed by atoms with Crippen molar-refractivity contribution >= 4 is 15.8 Å². The maximum Gasteiger partial charge on any atom is 0.339 e. The number of hydrogen-bond donors (Lipinski definition) is 1. The first-order valence-electron chi connectivity index (χ1n) is 5.40. The number of benzene rings is 1. The zero-order valence-electron chi connectivity index (χ0n) is 10.0. The van der Waals surface area contributed by atoms with E-state index in [9.17, 15) is 17.6 Å². The van der Waals surface area contributed by atoms with Crippen molar-refractivity contribution in [2.24, 2.45) is 0 Å². The molecule has 0 radical (unpaired) electrons. The Morgan fingerprint density at radius 1 is 1.35 bits per heavy atom. The Morgan fingerprint density at radius 3 is 2.75 bits per heavy atom. The van der Waals surface area contributed by atoms with Crippen LogP contribution in [0.15, 0.2) is 41.7 Å². The quantitative estimate of drug-likeness (QED) is 0.913. The number of nitrogens with zero attached hydrogens (tertiary/aromatic N) is 2. The Hall–Kier alpha value is -2.35. The lowest BCUT2D eigenvalue weighted by atomic mass is 10.2. The highest BCUT2D eigenvalue weighted by Crippen LogP contribution is 2.18. The SMILES string of the molecule is O=C(O)c1cncnc1CS(=O)(=O)c1cccc(F)c1. The zero-order chi connectivity index (χ0) is 14.8. The number of carboxylic acids is 1. The van der Waals surface area contributed by atoms with Gasteiger partial charge in [-0.1, -0.05) is 6.07 Å². The Labute approximate surface area is 113 Å². The van der Waals surface area contributed by atoms with Crippen LogP contribution in [0.1, 0.15) is 16.1 Å². The number of carboxylic acid groups (broad SMARTS) is 1. The minimum absolute atomic E-state index is 0.142. The summed E-state index contributed by atoms with van der Waals surface area (Å²) in [4.78, 5) is 17.9. The van der Waals surface area contributed by atoms with E-state index in [-0.39, 0.29) is 16.2 Å². The molecule has 0 saturated heterocycles. The summed E-state index contributed by atoms with van der Waals surface area (Å²) < 4.78 is 37.3. The van der Waals surface area contributed by atoms with Crippen LogP contribution in [-0.4, -0.2) is 29.5 Å². The fourth-order valence-corrected chi connectivity index (χ4v) is 2.91. The summed E-state index contributed by atoms with van der Waals surface area (Å²) in [7, 11) is -3.89. The number of sulfone groups is 1. The first-order chi connectivity index (χ1) is 9.40. The minimum Gasteiger partial charge on any atom is -0.478 e. The molecule has 0 bridgehead atoms. The van der Waals surface area contributed by atoms with Crippen LogP contribution in [0.3, 0.4) is 0 Å². The number of aromatic carboxylic acids is 1. The molecule has 0 atom stereocenters. The molecule has 2 rings (SSSR count). The molecule has 20 heavy (non-hydrogen) atoms. The maximum atomic E-state index is 13.1. The third-order valence-electron chi connectivity index (χ3n) is 2.51. The fourth-order valence-electron chi connectivity index (χ4n) is 1.57. The van der Waals surface area contributed by atoms with Crippen molar-refractivity contribution in [3.8, 4) is 0 Å². The molecule has 8 heteroatoms. The first kappa shape index (κ1) is 14.1. The Bertz CT molecular complexity index is 762. The smallest absolute Gasteiger partial charge is 0.339 e. The Kier molecular flexibility index (Phi) is 3.75. The third-order valence-corrected chi connectivity index (χ3v) is 4.13. The fraction of sp³-hybridized carbons (Fsp3) is 0.0833. The Balaban J connectivity index is 2.41. The van der Waals surface area contributed by atoms with Crippen LogP contribution in [0, 0.1) is 5.82 Å². The van der Waals surface area contributed by atoms with Crippen molar-refractivity contribution in [3.05, 3.63) is 53.9 Å². The van der Waals surface area contributed by atoms with E-state index in [1.165, 1.54) is 12.1 Å². The summed E-state index contributed by atoms with van der Waals surface area (Å²) in [6.45, 7) is 0. The number of carbonyl (C=O) groups is 1. The van der Waals surface area contributed by atoms with Gasteiger partial charge in [0.25, 0.3) is 0 Å². The molecule has 0 aliphatic heterocycles. The van der Waals surface area contributed by atoms with Crippen molar-refractivity contribution in [1.29, 1.82) is 0 Å². The molecule has 0 spiro atoms. The lowest BCUT2D eigenvalue weighted by molar-refractivity contribution is 0.0695. The van der Waals surface area contributed by atoms with Crippen LogP contribution in [0.4, 0.5) is 4.39 Å². The molecule has 1 aromatic carbocycles. The second kappa shape index (κ2) is 5.33. The molecule has 0 fully saturated rings. The van der Waals surface area contributed by atoms with Crippen molar-refractivity contribution < 1.29 is 22.7 Å². The molecule has 2 aromatic rings. The zero-order valence-corrected chi connectivity index (χ0v) is 10.8.